The van der Waals surface area contributed by atoms with Crippen LogP contribution in [0.5, 0.6) is 0 Å². The molecular formula is C9H18OS. The van der Waals surface area contributed by atoms with Crippen molar-refractivity contribution in [2.75, 3.05) is 5.75 Å². The minimum Gasteiger partial charge on any atom is -0.386 e. The Hall–Kier alpha value is 0.0500. The van der Waals surface area contributed by atoms with Gasteiger partial charge in [-0.15, -0.1) is 6.58 Å². The second-order valence-corrected chi connectivity index (χ2v) is 4.92. The minimum atomic E-state index is -0.679. The van der Waals surface area contributed by atoms with Crippen LogP contribution in [0.2, 0.25) is 0 Å². The molecule has 0 rings (SSSR count). The molecule has 0 heterocycles. The Kier molecular flexibility index (Phi) is 4.86. The van der Waals surface area contributed by atoms with E-state index in [9.17, 15) is 5.11 Å². The molecule has 0 aromatic heterocycles. The fourth-order valence-electron chi connectivity index (χ4n) is 0.603. The summed E-state index contributed by atoms with van der Waals surface area (Å²) in [5.74, 6) is 0.997. The van der Waals surface area contributed by atoms with Crippen LogP contribution in [0, 0.1) is 0 Å². The summed E-state index contributed by atoms with van der Waals surface area (Å²) in [4.78, 5) is 0. The van der Waals surface area contributed by atoms with Crippen molar-refractivity contribution < 1.29 is 5.11 Å². The number of hydrogen-bond donors (Lipinski definition) is 1. The average Bonchev–Trinajstić information content (AvgIpc) is 1.87. The van der Waals surface area contributed by atoms with E-state index in [0.717, 1.165) is 12.2 Å². The molecule has 0 radical (unpaired) electrons. The lowest BCUT2D eigenvalue weighted by Crippen LogP contribution is -2.21. The number of aliphatic hydroxyl groups is 1. The molecule has 1 atom stereocenters. The lowest BCUT2D eigenvalue weighted by molar-refractivity contribution is 0.109. The van der Waals surface area contributed by atoms with Gasteiger partial charge >= 0.3 is 0 Å². The van der Waals surface area contributed by atoms with E-state index in [-0.39, 0.29) is 0 Å². The van der Waals surface area contributed by atoms with Gasteiger partial charge in [0.05, 0.1) is 5.60 Å². The zero-order valence-corrected chi connectivity index (χ0v) is 8.45. The Labute approximate surface area is 73.9 Å². The molecule has 11 heavy (non-hydrogen) atoms. The Morgan fingerprint density at radius 2 is 2.18 bits per heavy atom. The van der Waals surface area contributed by atoms with Gasteiger partial charge in [0, 0.05) is 0 Å². The van der Waals surface area contributed by atoms with Gasteiger partial charge in [-0.25, -0.2) is 0 Å². The topological polar surface area (TPSA) is 20.2 Å². The molecule has 0 fully saturated rings. The van der Waals surface area contributed by atoms with Crippen LogP contribution < -0.4 is 0 Å². The second-order valence-electron chi connectivity index (χ2n) is 3.23. The predicted molar refractivity (Wildman–Crippen MR) is 53.0 cm³/mol. The molecule has 0 aliphatic rings. The first-order valence-electron chi connectivity index (χ1n) is 3.95. The smallest absolute Gasteiger partial charge is 0.0804 e. The fourth-order valence-corrected chi connectivity index (χ4v) is 1.61. The van der Waals surface area contributed by atoms with Gasteiger partial charge in [-0.2, -0.15) is 11.8 Å². The van der Waals surface area contributed by atoms with Gasteiger partial charge in [0.25, 0.3) is 0 Å². The standard InChI is InChI=1S/C9H18OS/c1-5-9(4,10)6-7-11-8(2)3/h5,8,10H,1,6-7H2,2-4H3. The van der Waals surface area contributed by atoms with Gasteiger partial charge in [0.15, 0.2) is 0 Å². The van der Waals surface area contributed by atoms with E-state index in [1.165, 1.54) is 0 Å². The lowest BCUT2D eigenvalue weighted by Gasteiger charge is -2.18. The molecular weight excluding hydrogens is 156 g/mol. The highest BCUT2D eigenvalue weighted by Gasteiger charge is 2.14. The van der Waals surface area contributed by atoms with Gasteiger partial charge in [-0.3, -0.25) is 0 Å². The number of rotatable bonds is 5. The molecule has 66 valence electrons. The summed E-state index contributed by atoms with van der Waals surface area (Å²) < 4.78 is 0. The molecule has 0 saturated carbocycles. The van der Waals surface area contributed by atoms with E-state index in [0.29, 0.717) is 5.25 Å². The molecule has 0 aliphatic heterocycles. The van der Waals surface area contributed by atoms with Crippen LogP contribution in [-0.2, 0) is 0 Å². The van der Waals surface area contributed by atoms with E-state index in [1.54, 1.807) is 13.0 Å². The van der Waals surface area contributed by atoms with E-state index >= 15 is 0 Å². The van der Waals surface area contributed by atoms with E-state index < -0.39 is 5.60 Å². The molecule has 0 bridgehead atoms. The third kappa shape index (κ3) is 6.45. The van der Waals surface area contributed by atoms with Crippen molar-refractivity contribution in [3.05, 3.63) is 12.7 Å². The molecule has 1 unspecified atom stereocenters. The average molecular weight is 174 g/mol. The maximum Gasteiger partial charge on any atom is 0.0804 e. The molecule has 0 amide bonds. The molecule has 0 saturated heterocycles. The first kappa shape index (κ1) is 11.1. The number of thioether (sulfide) groups is 1. The lowest BCUT2D eigenvalue weighted by atomic mass is 10.1. The third-order valence-electron chi connectivity index (χ3n) is 1.50. The molecule has 2 heteroatoms. The van der Waals surface area contributed by atoms with Crippen LogP contribution in [0.1, 0.15) is 27.2 Å². The van der Waals surface area contributed by atoms with E-state index in [1.807, 2.05) is 11.8 Å². The van der Waals surface area contributed by atoms with Crippen molar-refractivity contribution in [2.45, 2.75) is 38.0 Å². The Bertz CT molecular complexity index is 119. The normalized spacial score (nSPS) is 16.5. The van der Waals surface area contributed by atoms with Crippen molar-refractivity contribution >= 4 is 11.8 Å². The predicted octanol–water partition coefficient (Wildman–Crippen LogP) is 2.46. The van der Waals surface area contributed by atoms with Gasteiger partial charge in [-0.1, -0.05) is 19.9 Å². The summed E-state index contributed by atoms with van der Waals surface area (Å²) >= 11 is 1.87. The van der Waals surface area contributed by atoms with Crippen molar-refractivity contribution in [1.82, 2.24) is 0 Å². The van der Waals surface area contributed by atoms with Gasteiger partial charge in [0.1, 0.15) is 0 Å². The fraction of sp³-hybridized carbons (Fsp3) is 0.778. The molecule has 0 aliphatic carbocycles. The summed E-state index contributed by atoms with van der Waals surface area (Å²) in [6, 6.07) is 0. The van der Waals surface area contributed by atoms with Crippen LogP contribution in [0.3, 0.4) is 0 Å². The summed E-state index contributed by atoms with van der Waals surface area (Å²) in [7, 11) is 0. The molecule has 1 N–H and O–H groups in total. The van der Waals surface area contributed by atoms with Gasteiger partial charge < -0.3 is 5.11 Å². The highest BCUT2D eigenvalue weighted by Crippen LogP contribution is 2.17. The highest BCUT2D eigenvalue weighted by atomic mass is 32.2. The van der Waals surface area contributed by atoms with Crippen LogP contribution in [0.15, 0.2) is 12.7 Å². The maximum atomic E-state index is 9.50. The van der Waals surface area contributed by atoms with Crippen LogP contribution >= 0.6 is 11.8 Å². The van der Waals surface area contributed by atoms with Crippen LogP contribution in [-0.4, -0.2) is 21.7 Å². The maximum absolute atomic E-state index is 9.50. The molecule has 0 spiro atoms. The summed E-state index contributed by atoms with van der Waals surface area (Å²) in [6.45, 7) is 9.68. The summed E-state index contributed by atoms with van der Waals surface area (Å²) in [5, 5.41) is 10.2. The van der Waals surface area contributed by atoms with Crippen molar-refractivity contribution in [1.29, 1.82) is 0 Å². The van der Waals surface area contributed by atoms with Crippen molar-refractivity contribution in [3.63, 3.8) is 0 Å². The molecule has 0 aromatic rings. The first-order valence-corrected chi connectivity index (χ1v) is 5.00. The summed E-state index contributed by atoms with van der Waals surface area (Å²) in [5.41, 5.74) is -0.679. The SMILES string of the molecule is C=CC(C)(O)CCSC(C)C. The second kappa shape index (κ2) is 4.83. The first-order chi connectivity index (χ1) is 4.98. The third-order valence-corrected chi connectivity index (χ3v) is 2.61. The zero-order chi connectivity index (χ0) is 8.91. The monoisotopic (exact) mass is 174 g/mol. The van der Waals surface area contributed by atoms with E-state index in [4.69, 9.17) is 0 Å². The van der Waals surface area contributed by atoms with Crippen molar-refractivity contribution in [2.24, 2.45) is 0 Å². The van der Waals surface area contributed by atoms with Crippen molar-refractivity contribution in [3.8, 4) is 0 Å². The highest BCUT2D eigenvalue weighted by molar-refractivity contribution is 7.99. The van der Waals surface area contributed by atoms with Crippen LogP contribution in [0.4, 0.5) is 0 Å². The van der Waals surface area contributed by atoms with Gasteiger partial charge in [-0.05, 0) is 24.3 Å². The Morgan fingerprint density at radius 3 is 2.55 bits per heavy atom. The quantitative estimate of drug-likeness (QED) is 0.646. The summed E-state index contributed by atoms with van der Waals surface area (Å²) in [6.07, 6.45) is 2.40. The Morgan fingerprint density at radius 1 is 1.64 bits per heavy atom. The largest absolute Gasteiger partial charge is 0.386 e. The van der Waals surface area contributed by atoms with Gasteiger partial charge in [0.2, 0.25) is 0 Å². The Balaban J connectivity index is 3.45. The van der Waals surface area contributed by atoms with E-state index in [2.05, 4.69) is 20.4 Å². The number of hydrogen-bond acceptors (Lipinski definition) is 2. The minimum absolute atomic E-state index is 0.649. The van der Waals surface area contributed by atoms with Crippen LogP contribution in [0.25, 0.3) is 0 Å². The molecule has 0 aromatic carbocycles. The zero-order valence-electron chi connectivity index (χ0n) is 7.63. The molecule has 1 nitrogen and oxygen atoms in total.